The zero-order valence-corrected chi connectivity index (χ0v) is 22.3. The lowest BCUT2D eigenvalue weighted by molar-refractivity contribution is -0.140. The van der Waals surface area contributed by atoms with E-state index in [0.717, 1.165) is 16.0 Å². The number of aryl methyl sites for hydroxylation is 1. The largest absolute Gasteiger partial charge is 0.355 e. The first-order valence-electron chi connectivity index (χ1n) is 11.6. The topological polar surface area (TPSA) is 49.4 Å². The van der Waals surface area contributed by atoms with Crippen molar-refractivity contribution in [1.82, 2.24) is 10.2 Å². The van der Waals surface area contributed by atoms with Gasteiger partial charge < -0.3 is 10.2 Å². The summed E-state index contributed by atoms with van der Waals surface area (Å²) in [6, 6.07) is 22.5. The van der Waals surface area contributed by atoms with Gasteiger partial charge in [0, 0.05) is 46.6 Å². The third-order valence-corrected chi connectivity index (χ3v) is 7.18. The van der Waals surface area contributed by atoms with E-state index in [1.165, 1.54) is 5.56 Å². The van der Waals surface area contributed by atoms with E-state index < -0.39 is 6.04 Å². The summed E-state index contributed by atoms with van der Waals surface area (Å²) in [4.78, 5) is 29.5. The van der Waals surface area contributed by atoms with E-state index in [2.05, 4.69) is 29.6 Å². The number of likely N-dealkylation sites (N-methyl/N-ethyl adjacent to an activating group) is 1. The SMILES string of the molecule is CCNC(=O)[C@@H](Cc1ccccc1)N(Cc1ccc(Cl)cc1Cl)C(=O)CCSc1ccc(C)cc1. The highest BCUT2D eigenvalue weighted by Gasteiger charge is 2.30. The molecule has 184 valence electrons. The fourth-order valence-corrected chi connectivity index (χ4v) is 5.02. The molecule has 2 amide bonds. The smallest absolute Gasteiger partial charge is 0.243 e. The highest BCUT2D eigenvalue weighted by molar-refractivity contribution is 7.99. The Kier molecular flexibility index (Phi) is 10.5. The summed E-state index contributed by atoms with van der Waals surface area (Å²) in [5.74, 6) is 0.337. The lowest BCUT2D eigenvalue weighted by atomic mass is 10.0. The van der Waals surface area contributed by atoms with Crippen molar-refractivity contribution in [3.05, 3.63) is 99.5 Å². The second-order valence-electron chi connectivity index (χ2n) is 8.27. The van der Waals surface area contributed by atoms with Crippen LogP contribution in [-0.4, -0.2) is 35.1 Å². The van der Waals surface area contributed by atoms with Gasteiger partial charge in [0.25, 0.3) is 0 Å². The third kappa shape index (κ3) is 8.31. The molecule has 1 N–H and O–H groups in total. The molecule has 0 aliphatic heterocycles. The molecule has 0 radical (unpaired) electrons. The van der Waals surface area contributed by atoms with Gasteiger partial charge in [-0.1, -0.05) is 77.3 Å². The average molecular weight is 530 g/mol. The first kappa shape index (κ1) is 27.1. The van der Waals surface area contributed by atoms with E-state index in [1.54, 1.807) is 28.8 Å². The van der Waals surface area contributed by atoms with Gasteiger partial charge in [0.2, 0.25) is 11.8 Å². The van der Waals surface area contributed by atoms with Crippen molar-refractivity contribution in [2.45, 2.75) is 44.2 Å². The number of thioether (sulfide) groups is 1. The van der Waals surface area contributed by atoms with Gasteiger partial charge in [0.05, 0.1) is 0 Å². The van der Waals surface area contributed by atoms with Crippen molar-refractivity contribution >= 4 is 46.8 Å². The number of hydrogen-bond acceptors (Lipinski definition) is 3. The summed E-state index contributed by atoms with van der Waals surface area (Å²) in [5, 5.41) is 3.90. The number of carbonyl (C=O) groups excluding carboxylic acids is 2. The van der Waals surface area contributed by atoms with E-state index in [9.17, 15) is 9.59 Å². The highest BCUT2D eigenvalue weighted by atomic mass is 35.5. The molecule has 0 fully saturated rings. The van der Waals surface area contributed by atoms with Gasteiger partial charge in [-0.3, -0.25) is 9.59 Å². The fourth-order valence-electron chi connectivity index (χ4n) is 3.71. The highest BCUT2D eigenvalue weighted by Crippen LogP contribution is 2.25. The van der Waals surface area contributed by atoms with Crippen molar-refractivity contribution in [3.8, 4) is 0 Å². The third-order valence-electron chi connectivity index (χ3n) is 5.58. The maximum atomic E-state index is 13.6. The normalized spacial score (nSPS) is 11.7. The summed E-state index contributed by atoms with van der Waals surface area (Å²) in [6.07, 6.45) is 0.711. The molecule has 4 nitrogen and oxygen atoms in total. The standard InChI is InChI=1S/C28H30Cl2N2O2S/c1-3-31-28(34)26(17-21-7-5-4-6-8-21)32(19-22-11-12-23(29)18-25(22)30)27(33)15-16-35-24-13-9-20(2)10-14-24/h4-14,18,26H,3,15-17,19H2,1-2H3,(H,31,34)/t26-/m1/s1. The van der Waals surface area contributed by atoms with Gasteiger partial charge in [-0.05, 0) is 49.2 Å². The summed E-state index contributed by atoms with van der Waals surface area (Å²) in [7, 11) is 0. The maximum Gasteiger partial charge on any atom is 0.243 e. The number of hydrogen-bond donors (Lipinski definition) is 1. The van der Waals surface area contributed by atoms with Gasteiger partial charge in [-0.25, -0.2) is 0 Å². The van der Waals surface area contributed by atoms with Gasteiger partial charge in [-0.2, -0.15) is 0 Å². The Balaban J connectivity index is 1.85. The molecule has 0 saturated heterocycles. The summed E-state index contributed by atoms with van der Waals surface area (Å²) in [6.45, 7) is 4.62. The maximum absolute atomic E-state index is 13.6. The number of amides is 2. The summed E-state index contributed by atoms with van der Waals surface area (Å²) < 4.78 is 0. The Morgan fingerprint density at radius 2 is 1.71 bits per heavy atom. The molecule has 0 aliphatic carbocycles. The van der Waals surface area contributed by atoms with E-state index in [1.807, 2.05) is 50.2 Å². The minimum absolute atomic E-state index is 0.0946. The van der Waals surface area contributed by atoms with Crippen LogP contribution in [0, 0.1) is 6.92 Å². The zero-order chi connectivity index (χ0) is 25.2. The predicted octanol–water partition coefficient (Wildman–Crippen LogP) is 6.56. The van der Waals surface area contributed by atoms with Crippen molar-refractivity contribution in [2.75, 3.05) is 12.3 Å². The molecular weight excluding hydrogens is 499 g/mol. The van der Waals surface area contributed by atoms with Crippen LogP contribution in [0.1, 0.15) is 30.0 Å². The molecule has 0 bridgehead atoms. The number of nitrogens with one attached hydrogen (secondary N) is 1. The van der Waals surface area contributed by atoms with Gasteiger partial charge in [0.15, 0.2) is 0 Å². The quantitative estimate of drug-likeness (QED) is 0.286. The van der Waals surface area contributed by atoms with E-state index in [0.29, 0.717) is 35.2 Å². The Morgan fingerprint density at radius 1 is 1.00 bits per heavy atom. The fraction of sp³-hybridized carbons (Fsp3) is 0.286. The van der Waals surface area contributed by atoms with Gasteiger partial charge in [-0.15, -0.1) is 11.8 Å². The van der Waals surface area contributed by atoms with Crippen LogP contribution in [0.3, 0.4) is 0 Å². The predicted molar refractivity (Wildman–Crippen MR) is 146 cm³/mol. The zero-order valence-electron chi connectivity index (χ0n) is 20.0. The van der Waals surface area contributed by atoms with Crippen LogP contribution in [0.15, 0.2) is 77.7 Å². The Bertz CT molecular complexity index is 1120. The molecule has 3 rings (SSSR count). The van der Waals surface area contributed by atoms with Crippen LogP contribution in [0.2, 0.25) is 10.0 Å². The molecule has 1 atom stereocenters. The molecule has 0 spiro atoms. The molecule has 7 heteroatoms. The lowest BCUT2D eigenvalue weighted by Crippen LogP contribution is -2.50. The van der Waals surface area contributed by atoms with Crippen molar-refractivity contribution < 1.29 is 9.59 Å². The number of halogens is 2. The van der Waals surface area contributed by atoms with Crippen LogP contribution < -0.4 is 5.32 Å². The minimum atomic E-state index is -0.666. The Hall–Kier alpha value is -2.47. The first-order valence-corrected chi connectivity index (χ1v) is 13.4. The summed E-state index contributed by atoms with van der Waals surface area (Å²) >= 11 is 14.2. The van der Waals surface area contributed by atoms with Gasteiger partial charge in [0.1, 0.15) is 6.04 Å². The Labute approximate surface area is 222 Å². The lowest BCUT2D eigenvalue weighted by Gasteiger charge is -2.32. The molecular formula is C28H30Cl2N2O2S. The molecule has 0 unspecified atom stereocenters. The van der Waals surface area contributed by atoms with Crippen LogP contribution in [0.25, 0.3) is 0 Å². The van der Waals surface area contributed by atoms with Gasteiger partial charge >= 0.3 is 0 Å². The van der Waals surface area contributed by atoms with Crippen molar-refractivity contribution in [1.29, 1.82) is 0 Å². The van der Waals surface area contributed by atoms with Crippen molar-refractivity contribution in [3.63, 3.8) is 0 Å². The Morgan fingerprint density at radius 3 is 2.37 bits per heavy atom. The molecule has 3 aromatic rings. The van der Waals surface area contributed by atoms with E-state index >= 15 is 0 Å². The van der Waals surface area contributed by atoms with Crippen LogP contribution in [0.4, 0.5) is 0 Å². The molecule has 0 aliphatic rings. The van der Waals surface area contributed by atoms with E-state index in [-0.39, 0.29) is 18.4 Å². The molecule has 0 heterocycles. The monoisotopic (exact) mass is 528 g/mol. The number of rotatable bonds is 11. The second-order valence-corrected chi connectivity index (χ2v) is 10.3. The molecule has 35 heavy (non-hydrogen) atoms. The van der Waals surface area contributed by atoms with Crippen LogP contribution in [0.5, 0.6) is 0 Å². The van der Waals surface area contributed by atoms with Crippen molar-refractivity contribution in [2.24, 2.45) is 0 Å². The number of benzene rings is 3. The van der Waals surface area contributed by atoms with Crippen LogP contribution >= 0.6 is 35.0 Å². The first-order chi connectivity index (χ1) is 16.9. The molecule has 0 aromatic heterocycles. The van der Waals surface area contributed by atoms with E-state index in [4.69, 9.17) is 23.2 Å². The summed E-state index contributed by atoms with van der Waals surface area (Å²) in [5.41, 5.74) is 2.93. The molecule has 3 aromatic carbocycles. The molecule has 0 saturated carbocycles. The number of nitrogens with zero attached hydrogens (tertiary/aromatic N) is 1. The van der Waals surface area contributed by atoms with Crippen LogP contribution in [-0.2, 0) is 22.6 Å². The minimum Gasteiger partial charge on any atom is -0.355 e. The second kappa shape index (κ2) is 13.6. The number of carbonyl (C=O) groups is 2. The average Bonchev–Trinajstić information content (AvgIpc) is 2.84.